The van der Waals surface area contributed by atoms with Gasteiger partial charge in [-0.2, -0.15) is 4.31 Å². The van der Waals surface area contributed by atoms with Gasteiger partial charge >= 0.3 is 0 Å². The van der Waals surface area contributed by atoms with Crippen molar-refractivity contribution in [3.63, 3.8) is 0 Å². The van der Waals surface area contributed by atoms with Gasteiger partial charge in [-0.05, 0) is 35.7 Å². The first kappa shape index (κ1) is 16.3. The average Bonchev–Trinajstić information content (AvgIpc) is 2.98. The Kier molecular flexibility index (Phi) is 4.09. The van der Waals surface area contributed by atoms with Crippen molar-refractivity contribution >= 4 is 20.9 Å². The molecule has 1 aliphatic rings. The predicted octanol–water partition coefficient (Wildman–Crippen LogP) is 3.24. The van der Waals surface area contributed by atoms with Crippen LogP contribution in [0.15, 0.2) is 48.5 Å². The number of rotatable bonds is 4. The number of nitrogens with zero attached hydrogens (tertiary/aromatic N) is 1. The fourth-order valence-electron chi connectivity index (χ4n) is 3.42. The highest BCUT2D eigenvalue weighted by atomic mass is 32.2. The van der Waals surface area contributed by atoms with Crippen molar-refractivity contribution in [3.8, 4) is 0 Å². The molecule has 0 saturated carbocycles. The summed E-state index contributed by atoms with van der Waals surface area (Å²) in [7, 11) is -3.36. The molecule has 0 unspecified atom stereocenters. The Morgan fingerprint density at radius 3 is 2.72 bits per heavy atom. The number of H-pyrrole nitrogens is 1. The maximum Gasteiger partial charge on any atom is 0.214 e. The standard InChI is InChI=1S/C19H19FN2O2S/c20-15-6-7-18-16(12-15)17-13-22(10-8-19(17)21-18)25(23,24)11-9-14-4-2-1-3-5-14/h1-7,12,21H,8-11,13H2. The molecule has 1 N–H and O–H groups in total. The molecule has 0 radical (unpaired) electrons. The molecule has 0 amide bonds. The molecule has 0 atom stereocenters. The second kappa shape index (κ2) is 6.28. The number of aromatic amines is 1. The van der Waals surface area contributed by atoms with Gasteiger partial charge in [-0.3, -0.25) is 0 Å². The van der Waals surface area contributed by atoms with Crippen molar-refractivity contribution in [1.29, 1.82) is 0 Å². The molecule has 3 aromatic rings. The van der Waals surface area contributed by atoms with Crippen LogP contribution in [0.25, 0.3) is 10.9 Å². The fourth-order valence-corrected chi connectivity index (χ4v) is 4.87. The lowest BCUT2D eigenvalue weighted by atomic mass is 10.1. The molecule has 1 aliphatic heterocycles. The first-order valence-corrected chi connectivity index (χ1v) is 9.94. The van der Waals surface area contributed by atoms with E-state index in [2.05, 4.69) is 4.98 Å². The van der Waals surface area contributed by atoms with Crippen molar-refractivity contribution in [2.24, 2.45) is 0 Å². The number of hydrogen-bond acceptors (Lipinski definition) is 2. The van der Waals surface area contributed by atoms with Crippen molar-refractivity contribution in [2.45, 2.75) is 19.4 Å². The minimum atomic E-state index is -3.36. The first-order chi connectivity index (χ1) is 12.0. The first-order valence-electron chi connectivity index (χ1n) is 8.34. The molecule has 25 heavy (non-hydrogen) atoms. The van der Waals surface area contributed by atoms with Gasteiger partial charge in [0, 0.05) is 36.1 Å². The van der Waals surface area contributed by atoms with Crippen LogP contribution in [0.1, 0.15) is 16.8 Å². The van der Waals surface area contributed by atoms with Gasteiger partial charge in [0.15, 0.2) is 0 Å². The zero-order chi connectivity index (χ0) is 17.4. The number of halogens is 1. The smallest absolute Gasteiger partial charge is 0.214 e. The molecule has 0 fully saturated rings. The number of aryl methyl sites for hydroxylation is 1. The van der Waals surface area contributed by atoms with Crippen molar-refractivity contribution < 1.29 is 12.8 Å². The second-order valence-electron chi connectivity index (χ2n) is 6.41. The van der Waals surface area contributed by atoms with Crippen molar-refractivity contribution in [1.82, 2.24) is 9.29 Å². The van der Waals surface area contributed by atoms with Gasteiger partial charge in [-0.25, -0.2) is 12.8 Å². The van der Waals surface area contributed by atoms with Gasteiger partial charge in [0.25, 0.3) is 0 Å². The van der Waals surface area contributed by atoms with Gasteiger partial charge in [0.2, 0.25) is 10.0 Å². The Morgan fingerprint density at radius 1 is 1.12 bits per heavy atom. The molecular weight excluding hydrogens is 339 g/mol. The summed E-state index contributed by atoms with van der Waals surface area (Å²) in [6, 6.07) is 14.2. The summed E-state index contributed by atoms with van der Waals surface area (Å²) in [5.41, 5.74) is 3.77. The maximum atomic E-state index is 13.6. The molecule has 4 rings (SSSR count). The van der Waals surface area contributed by atoms with E-state index in [0.717, 1.165) is 27.7 Å². The van der Waals surface area contributed by atoms with Crippen molar-refractivity contribution in [2.75, 3.05) is 12.3 Å². The number of hydrogen-bond donors (Lipinski definition) is 1. The molecule has 0 bridgehead atoms. The number of fused-ring (bicyclic) bond motifs is 3. The van der Waals surface area contributed by atoms with Crippen LogP contribution in [0.2, 0.25) is 0 Å². The van der Waals surface area contributed by atoms with Crippen molar-refractivity contribution in [3.05, 3.63) is 71.2 Å². The van der Waals surface area contributed by atoms with Gasteiger partial charge in [0.1, 0.15) is 5.82 Å². The van der Waals surface area contributed by atoms with E-state index in [9.17, 15) is 12.8 Å². The third-order valence-electron chi connectivity index (χ3n) is 4.79. The molecule has 1 aromatic heterocycles. The fraction of sp³-hybridized carbons (Fsp3) is 0.263. The van der Waals surface area contributed by atoms with Crippen LogP contribution in [0.5, 0.6) is 0 Å². The zero-order valence-electron chi connectivity index (χ0n) is 13.7. The molecular formula is C19H19FN2O2S. The van der Waals surface area contributed by atoms with Crippen LogP contribution in [0, 0.1) is 5.82 Å². The molecule has 0 spiro atoms. The average molecular weight is 358 g/mol. The van der Waals surface area contributed by atoms with Gasteiger partial charge in [0.05, 0.1) is 5.75 Å². The normalized spacial score (nSPS) is 15.4. The number of benzene rings is 2. The highest BCUT2D eigenvalue weighted by Gasteiger charge is 2.28. The summed E-state index contributed by atoms with van der Waals surface area (Å²) in [5.74, 6) is -0.221. The van der Waals surface area contributed by atoms with E-state index in [-0.39, 0.29) is 11.6 Å². The summed E-state index contributed by atoms with van der Waals surface area (Å²) in [6.07, 6.45) is 1.12. The van der Waals surface area contributed by atoms with Gasteiger partial charge in [-0.15, -0.1) is 0 Å². The van der Waals surface area contributed by atoms with Gasteiger partial charge < -0.3 is 4.98 Å². The molecule has 4 nitrogen and oxygen atoms in total. The van der Waals surface area contributed by atoms with Crippen LogP contribution in [0.4, 0.5) is 4.39 Å². The number of sulfonamides is 1. The highest BCUT2D eigenvalue weighted by Crippen LogP contribution is 2.29. The Balaban J connectivity index is 1.56. The molecule has 130 valence electrons. The van der Waals surface area contributed by atoms with Crippen LogP contribution >= 0.6 is 0 Å². The quantitative estimate of drug-likeness (QED) is 0.778. The zero-order valence-corrected chi connectivity index (χ0v) is 14.5. The summed E-state index contributed by atoms with van der Waals surface area (Å²) in [5, 5.41) is 0.776. The molecule has 2 heterocycles. The summed E-state index contributed by atoms with van der Waals surface area (Å²) in [4.78, 5) is 3.28. The van der Waals surface area contributed by atoms with Crippen LogP contribution in [0.3, 0.4) is 0 Å². The minimum Gasteiger partial charge on any atom is -0.358 e. The van der Waals surface area contributed by atoms with E-state index in [1.165, 1.54) is 16.4 Å². The molecule has 2 aromatic carbocycles. The lowest BCUT2D eigenvalue weighted by Crippen LogP contribution is -2.37. The Morgan fingerprint density at radius 2 is 1.92 bits per heavy atom. The Labute approximate surface area is 146 Å². The Hall–Kier alpha value is -2.18. The number of aromatic nitrogens is 1. The van der Waals surface area contributed by atoms with Gasteiger partial charge in [-0.1, -0.05) is 30.3 Å². The van der Waals surface area contributed by atoms with Crippen LogP contribution in [-0.2, 0) is 29.4 Å². The van der Waals surface area contributed by atoms with E-state index in [1.54, 1.807) is 6.07 Å². The highest BCUT2D eigenvalue weighted by molar-refractivity contribution is 7.89. The van der Waals surface area contributed by atoms with E-state index in [1.807, 2.05) is 30.3 Å². The van der Waals surface area contributed by atoms with Crippen LogP contribution in [-0.4, -0.2) is 30.0 Å². The SMILES string of the molecule is O=S(=O)(CCc1ccccc1)N1CCc2[nH]c3ccc(F)cc3c2C1. The topological polar surface area (TPSA) is 53.2 Å². The molecule has 0 aliphatic carbocycles. The maximum absolute atomic E-state index is 13.6. The summed E-state index contributed by atoms with van der Waals surface area (Å²) >= 11 is 0. The van der Waals surface area contributed by atoms with Crippen LogP contribution < -0.4 is 0 Å². The van der Waals surface area contributed by atoms with E-state index < -0.39 is 10.0 Å². The predicted molar refractivity (Wildman–Crippen MR) is 96.3 cm³/mol. The largest absolute Gasteiger partial charge is 0.358 e. The lowest BCUT2D eigenvalue weighted by molar-refractivity contribution is 0.391. The third-order valence-corrected chi connectivity index (χ3v) is 6.61. The van der Waals surface area contributed by atoms with E-state index in [4.69, 9.17) is 0 Å². The summed E-state index contributed by atoms with van der Waals surface area (Å²) < 4.78 is 40.6. The third kappa shape index (κ3) is 3.19. The lowest BCUT2D eigenvalue weighted by Gasteiger charge is -2.26. The summed E-state index contributed by atoms with van der Waals surface area (Å²) in [6.45, 7) is 0.759. The minimum absolute atomic E-state index is 0.0864. The number of nitrogens with one attached hydrogen (secondary N) is 1. The second-order valence-corrected chi connectivity index (χ2v) is 8.50. The molecule has 6 heteroatoms. The van der Waals surface area contributed by atoms with E-state index in [0.29, 0.717) is 25.9 Å². The monoisotopic (exact) mass is 358 g/mol. The Bertz CT molecular complexity index is 1010. The van der Waals surface area contributed by atoms with E-state index >= 15 is 0 Å². The molecule has 0 saturated heterocycles.